The maximum absolute atomic E-state index is 12.3. The monoisotopic (exact) mass is 393 g/mol. The van der Waals surface area contributed by atoms with E-state index in [0.29, 0.717) is 17.0 Å². The van der Waals surface area contributed by atoms with Crippen LogP contribution in [0.3, 0.4) is 0 Å². The molecule has 5 nitrogen and oxygen atoms in total. The van der Waals surface area contributed by atoms with Crippen molar-refractivity contribution in [3.8, 4) is 0 Å². The number of nitrogens with one attached hydrogen (secondary N) is 2. The lowest BCUT2D eigenvalue weighted by Crippen LogP contribution is -2.33. The molecule has 2 amide bonds. The van der Waals surface area contributed by atoms with Crippen molar-refractivity contribution in [2.75, 3.05) is 31.5 Å². The highest BCUT2D eigenvalue weighted by molar-refractivity contribution is 8.04. The number of anilines is 1. The summed E-state index contributed by atoms with van der Waals surface area (Å²) in [6.45, 7) is 3.84. The van der Waals surface area contributed by atoms with Crippen LogP contribution in [-0.4, -0.2) is 42.9 Å². The molecule has 6 heteroatoms. The summed E-state index contributed by atoms with van der Waals surface area (Å²) in [5.74, 6) is -0.162. The van der Waals surface area contributed by atoms with Crippen LogP contribution in [0.2, 0.25) is 0 Å². The van der Waals surface area contributed by atoms with E-state index in [-0.39, 0.29) is 11.8 Å². The Bertz CT molecular complexity index is 902. The number of fused-ring (bicyclic) bond motifs is 1. The Hall–Kier alpha value is -2.57. The van der Waals surface area contributed by atoms with E-state index in [1.54, 1.807) is 12.1 Å². The largest absolute Gasteiger partial charge is 0.351 e. The number of hydrogen-bond donors (Lipinski definition) is 2. The number of rotatable bonds is 5. The Morgan fingerprint density at radius 2 is 1.86 bits per heavy atom. The summed E-state index contributed by atoms with van der Waals surface area (Å²) in [5.41, 5.74) is 2.37. The summed E-state index contributed by atoms with van der Waals surface area (Å²) in [6, 6.07) is 15.1. The molecule has 144 valence electrons. The van der Waals surface area contributed by atoms with Crippen LogP contribution < -0.4 is 10.6 Å². The van der Waals surface area contributed by atoms with E-state index in [4.69, 9.17) is 0 Å². The van der Waals surface area contributed by atoms with Crippen molar-refractivity contribution < 1.29 is 9.59 Å². The molecule has 2 heterocycles. The number of hydrogen-bond acceptors (Lipinski definition) is 4. The van der Waals surface area contributed by atoms with Gasteiger partial charge in [-0.1, -0.05) is 36.0 Å². The summed E-state index contributed by atoms with van der Waals surface area (Å²) in [6.07, 6.45) is 4.37. The molecule has 0 unspecified atom stereocenters. The van der Waals surface area contributed by atoms with Gasteiger partial charge < -0.3 is 15.5 Å². The average Bonchev–Trinajstić information content (AvgIpc) is 3.22. The molecule has 2 aliphatic rings. The van der Waals surface area contributed by atoms with Gasteiger partial charge in [0, 0.05) is 23.5 Å². The highest BCUT2D eigenvalue weighted by atomic mass is 32.2. The Kier molecular flexibility index (Phi) is 5.78. The maximum Gasteiger partial charge on any atom is 0.262 e. The molecule has 0 aliphatic carbocycles. The second kappa shape index (κ2) is 8.63. The fraction of sp³-hybridized carbons (Fsp3) is 0.273. The first-order valence-electron chi connectivity index (χ1n) is 9.59. The van der Waals surface area contributed by atoms with Gasteiger partial charge in [0.05, 0.1) is 10.6 Å². The number of thioether (sulfide) groups is 1. The fourth-order valence-electron chi connectivity index (χ4n) is 3.42. The van der Waals surface area contributed by atoms with Crippen molar-refractivity contribution in [1.82, 2.24) is 10.2 Å². The van der Waals surface area contributed by atoms with Gasteiger partial charge in [-0.2, -0.15) is 0 Å². The van der Waals surface area contributed by atoms with E-state index in [0.717, 1.165) is 35.8 Å². The summed E-state index contributed by atoms with van der Waals surface area (Å²) in [7, 11) is 0. The minimum Gasteiger partial charge on any atom is -0.351 e. The SMILES string of the molecule is O=C1Nc2ccccc2S/C1=C/c1ccc(C(=O)NCCN2CCCC2)cc1. The van der Waals surface area contributed by atoms with Gasteiger partial charge in [-0.05, 0) is 61.8 Å². The van der Waals surface area contributed by atoms with Gasteiger partial charge in [0.1, 0.15) is 0 Å². The molecule has 4 rings (SSSR count). The summed E-state index contributed by atoms with van der Waals surface area (Å²) in [4.78, 5) is 28.6. The standard InChI is InChI=1S/C22H23N3O2S/c26-21(23-11-14-25-12-3-4-13-25)17-9-7-16(8-10-17)15-20-22(27)24-18-5-1-2-6-19(18)28-20/h1-2,5-10,15H,3-4,11-14H2,(H,23,26)(H,24,27)/b20-15+. The first kappa shape index (κ1) is 18.8. The molecule has 0 bridgehead atoms. The predicted molar refractivity (Wildman–Crippen MR) is 113 cm³/mol. The molecule has 0 aromatic heterocycles. The molecule has 2 aromatic rings. The zero-order valence-electron chi connectivity index (χ0n) is 15.6. The summed E-state index contributed by atoms with van der Waals surface area (Å²) in [5, 5.41) is 5.89. The van der Waals surface area contributed by atoms with Crippen LogP contribution >= 0.6 is 11.8 Å². The van der Waals surface area contributed by atoms with Crippen molar-refractivity contribution in [1.29, 1.82) is 0 Å². The molecule has 0 radical (unpaired) electrons. The van der Waals surface area contributed by atoms with Crippen LogP contribution in [-0.2, 0) is 4.79 Å². The predicted octanol–water partition coefficient (Wildman–Crippen LogP) is 3.60. The molecule has 0 atom stereocenters. The molecular formula is C22H23N3O2S. The van der Waals surface area contributed by atoms with Crippen molar-refractivity contribution in [3.63, 3.8) is 0 Å². The quantitative estimate of drug-likeness (QED) is 0.762. The number of amides is 2. The normalized spacial score (nSPS) is 18.0. The van der Waals surface area contributed by atoms with Gasteiger partial charge in [-0.3, -0.25) is 9.59 Å². The molecule has 2 N–H and O–H groups in total. The molecule has 0 saturated carbocycles. The van der Waals surface area contributed by atoms with Crippen LogP contribution in [0, 0.1) is 0 Å². The Morgan fingerprint density at radius 3 is 2.64 bits per heavy atom. The number of carbonyl (C=O) groups excluding carboxylic acids is 2. The lowest BCUT2D eigenvalue weighted by molar-refractivity contribution is -0.112. The Balaban J connectivity index is 1.37. The summed E-state index contributed by atoms with van der Waals surface area (Å²) >= 11 is 1.46. The third-order valence-electron chi connectivity index (χ3n) is 4.96. The summed E-state index contributed by atoms with van der Waals surface area (Å²) < 4.78 is 0. The molecule has 1 fully saturated rings. The minimum absolute atomic E-state index is 0.0582. The van der Waals surface area contributed by atoms with E-state index in [1.807, 2.05) is 42.5 Å². The molecular weight excluding hydrogens is 370 g/mol. The topological polar surface area (TPSA) is 61.4 Å². The van der Waals surface area contributed by atoms with Gasteiger partial charge in [0.25, 0.3) is 11.8 Å². The van der Waals surface area contributed by atoms with Crippen molar-refractivity contribution in [2.45, 2.75) is 17.7 Å². The number of nitrogens with zero attached hydrogens (tertiary/aromatic N) is 1. The fourth-order valence-corrected chi connectivity index (χ4v) is 4.37. The second-order valence-electron chi connectivity index (χ2n) is 6.99. The van der Waals surface area contributed by atoms with E-state index in [2.05, 4.69) is 15.5 Å². The zero-order valence-corrected chi connectivity index (χ0v) is 16.4. The van der Waals surface area contributed by atoms with E-state index >= 15 is 0 Å². The Labute approximate surface area is 169 Å². The van der Waals surface area contributed by atoms with E-state index in [9.17, 15) is 9.59 Å². The number of para-hydroxylation sites is 1. The lowest BCUT2D eigenvalue weighted by Gasteiger charge is -2.18. The molecule has 0 spiro atoms. The van der Waals surface area contributed by atoms with Crippen LogP contribution in [0.25, 0.3) is 6.08 Å². The van der Waals surface area contributed by atoms with Crippen LogP contribution in [0.15, 0.2) is 58.3 Å². The first-order chi connectivity index (χ1) is 13.7. The average molecular weight is 394 g/mol. The van der Waals surface area contributed by atoms with Gasteiger partial charge in [0.15, 0.2) is 0 Å². The molecule has 2 aliphatic heterocycles. The van der Waals surface area contributed by atoms with Gasteiger partial charge >= 0.3 is 0 Å². The smallest absolute Gasteiger partial charge is 0.262 e. The number of carbonyl (C=O) groups is 2. The van der Waals surface area contributed by atoms with Gasteiger partial charge in [-0.15, -0.1) is 0 Å². The van der Waals surface area contributed by atoms with Crippen molar-refractivity contribution >= 4 is 35.3 Å². The van der Waals surface area contributed by atoms with Crippen LogP contribution in [0.5, 0.6) is 0 Å². The zero-order chi connectivity index (χ0) is 19.3. The third kappa shape index (κ3) is 4.46. The number of benzene rings is 2. The van der Waals surface area contributed by atoms with Crippen LogP contribution in [0.4, 0.5) is 5.69 Å². The first-order valence-corrected chi connectivity index (χ1v) is 10.4. The van der Waals surface area contributed by atoms with Crippen LogP contribution in [0.1, 0.15) is 28.8 Å². The van der Waals surface area contributed by atoms with Crippen molar-refractivity contribution in [3.05, 3.63) is 64.6 Å². The highest BCUT2D eigenvalue weighted by Crippen LogP contribution is 2.38. The highest BCUT2D eigenvalue weighted by Gasteiger charge is 2.20. The minimum atomic E-state index is -0.104. The van der Waals surface area contributed by atoms with Crippen molar-refractivity contribution in [2.24, 2.45) is 0 Å². The molecule has 1 saturated heterocycles. The molecule has 28 heavy (non-hydrogen) atoms. The Morgan fingerprint density at radius 1 is 1.11 bits per heavy atom. The van der Waals surface area contributed by atoms with E-state index in [1.165, 1.54) is 24.6 Å². The van der Waals surface area contributed by atoms with Gasteiger partial charge in [0.2, 0.25) is 0 Å². The van der Waals surface area contributed by atoms with Gasteiger partial charge in [-0.25, -0.2) is 0 Å². The molecule has 2 aromatic carbocycles. The van der Waals surface area contributed by atoms with E-state index < -0.39 is 0 Å². The lowest BCUT2D eigenvalue weighted by atomic mass is 10.1. The second-order valence-corrected chi connectivity index (χ2v) is 8.07. The number of likely N-dealkylation sites (tertiary alicyclic amines) is 1. The maximum atomic E-state index is 12.3. The third-order valence-corrected chi connectivity index (χ3v) is 6.06.